The number of hydrogen-bond acceptors (Lipinski definition) is 4. The Morgan fingerprint density at radius 2 is 1.77 bits per heavy atom. The van der Waals surface area contributed by atoms with Crippen LogP contribution in [0, 0.1) is 5.92 Å². The molecule has 0 aromatic heterocycles. The van der Waals surface area contributed by atoms with E-state index in [1.807, 2.05) is 6.07 Å². The Hall–Kier alpha value is -2.38. The molecule has 0 aliphatic heterocycles. The minimum Gasteiger partial charge on any atom is -0.493 e. The Bertz CT molecular complexity index is 838. The Morgan fingerprint density at radius 1 is 1.03 bits per heavy atom. The lowest BCUT2D eigenvalue weighted by molar-refractivity contribution is 0.0948. The third-order valence-electron chi connectivity index (χ3n) is 4.35. The van der Waals surface area contributed by atoms with Gasteiger partial charge in [-0.15, -0.1) is 0 Å². The summed E-state index contributed by atoms with van der Waals surface area (Å²) in [4.78, 5) is 24.9. The molecule has 2 rings (SSSR count). The summed E-state index contributed by atoms with van der Waals surface area (Å²) in [6, 6.07) is 12.2. The fourth-order valence-electron chi connectivity index (χ4n) is 2.63. The van der Waals surface area contributed by atoms with Gasteiger partial charge in [-0.05, 0) is 61.2 Å². The van der Waals surface area contributed by atoms with Crippen molar-refractivity contribution in [2.24, 2.45) is 5.92 Å². The van der Waals surface area contributed by atoms with Gasteiger partial charge in [0, 0.05) is 36.0 Å². The number of rotatable bonds is 11. The molecular formula is C23H29BrN2O4. The van der Waals surface area contributed by atoms with E-state index in [1.54, 1.807) is 43.5 Å². The zero-order valence-corrected chi connectivity index (χ0v) is 19.3. The smallest absolute Gasteiger partial charge is 0.259 e. The van der Waals surface area contributed by atoms with E-state index in [4.69, 9.17) is 9.47 Å². The van der Waals surface area contributed by atoms with Gasteiger partial charge in [0.25, 0.3) is 11.8 Å². The standard InChI is InChI=1S/C23H29BrN2O4/c1-16(2)11-14-30-21-10-7-18(24)15-20(21)23(28)26-19-8-5-17(6-9-19)22(27)25-12-4-13-29-3/h5-10,15-16H,4,11-14H2,1-3H3,(H,25,27)(H,26,28). The molecule has 0 bridgehead atoms. The fraction of sp³-hybridized carbons (Fsp3) is 0.391. The molecule has 2 amide bonds. The molecule has 0 aliphatic carbocycles. The molecule has 0 fully saturated rings. The highest BCUT2D eigenvalue weighted by molar-refractivity contribution is 9.10. The summed E-state index contributed by atoms with van der Waals surface area (Å²) in [6.07, 6.45) is 1.66. The van der Waals surface area contributed by atoms with Crippen LogP contribution in [-0.4, -0.2) is 38.7 Å². The van der Waals surface area contributed by atoms with Crippen molar-refractivity contribution < 1.29 is 19.1 Å². The molecule has 0 radical (unpaired) electrons. The number of carbonyl (C=O) groups is 2. The summed E-state index contributed by atoms with van der Waals surface area (Å²) in [7, 11) is 1.63. The second-order valence-corrected chi connectivity index (χ2v) is 8.22. The molecule has 30 heavy (non-hydrogen) atoms. The predicted molar refractivity (Wildman–Crippen MR) is 122 cm³/mol. The monoisotopic (exact) mass is 476 g/mol. The van der Waals surface area contributed by atoms with Crippen molar-refractivity contribution in [2.75, 3.05) is 32.2 Å². The lowest BCUT2D eigenvalue weighted by Crippen LogP contribution is -2.25. The Labute approximate surface area is 186 Å². The van der Waals surface area contributed by atoms with Gasteiger partial charge in [-0.25, -0.2) is 0 Å². The molecular weight excluding hydrogens is 448 g/mol. The average molecular weight is 477 g/mol. The van der Waals surface area contributed by atoms with Crippen LogP contribution in [0.2, 0.25) is 0 Å². The Kier molecular flexibility index (Phi) is 9.83. The number of amides is 2. The first-order chi connectivity index (χ1) is 14.4. The zero-order valence-electron chi connectivity index (χ0n) is 17.7. The molecule has 0 spiro atoms. The van der Waals surface area contributed by atoms with E-state index in [1.165, 1.54) is 0 Å². The van der Waals surface area contributed by atoms with Crippen molar-refractivity contribution in [2.45, 2.75) is 26.7 Å². The summed E-state index contributed by atoms with van der Waals surface area (Å²) in [6.45, 7) is 5.95. The van der Waals surface area contributed by atoms with Crippen LogP contribution in [0.4, 0.5) is 5.69 Å². The third-order valence-corrected chi connectivity index (χ3v) is 4.85. The molecule has 0 aliphatic rings. The molecule has 2 N–H and O–H groups in total. The van der Waals surface area contributed by atoms with Gasteiger partial charge < -0.3 is 20.1 Å². The SMILES string of the molecule is COCCCNC(=O)c1ccc(NC(=O)c2cc(Br)ccc2OCCC(C)C)cc1. The van der Waals surface area contributed by atoms with Crippen molar-refractivity contribution in [1.82, 2.24) is 5.32 Å². The molecule has 2 aromatic carbocycles. The highest BCUT2D eigenvalue weighted by Crippen LogP contribution is 2.25. The summed E-state index contributed by atoms with van der Waals surface area (Å²) < 4.78 is 11.6. The molecule has 6 nitrogen and oxygen atoms in total. The zero-order chi connectivity index (χ0) is 21.9. The minimum absolute atomic E-state index is 0.156. The number of anilines is 1. The lowest BCUT2D eigenvalue weighted by atomic mass is 10.1. The van der Waals surface area contributed by atoms with E-state index >= 15 is 0 Å². The summed E-state index contributed by atoms with van der Waals surface area (Å²) in [5.74, 6) is 0.640. The first-order valence-electron chi connectivity index (χ1n) is 10.0. The molecule has 0 unspecified atom stereocenters. The van der Waals surface area contributed by atoms with Gasteiger partial charge in [0.05, 0.1) is 12.2 Å². The number of hydrogen-bond donors (Lipinski definition) is 2. The summed E-state index contributed by atoms with van der Waals surface area (Å²) in [5, 5.41) is 5.70. The maximum absolute atomic E-state index is 12.8. The number of nitrogens with one attached hydrogen (secondary N) is 2. The number of carbonyl (C=O) groups excluding carboxylic acids is 2. The van der Waals surface area contributed by atoms with E-state index in [9.17, 15) is 9.59 Å². The van der Waals surface area contributed by atoms with Gasteiger partial charge in [-0.2, -0.15) is 0 Å². The van der Waals surface area contributed by atoms with Crippen LogP contribution < -0.4 is 15.4 Å². The highest BCUT2D eigenvalue weighted by Gasteiger charge is 2.14. The van der Waals surface area contributed by atoms with Crippen LogP contribution in [0.15, 0.2) is 46.9 Å². The van der Waals surface area contributed by atoms with Gasteiger partial charge in [-0.3, -0.25) is 9.59 Å². The number of methoxy groups -OCH3 is 1. The third kappa shape index (κ3) is 7.80. The van der Waals surface area contributed by atoms with E-state index in [-0.39, 0.29) is 11.8 Å². The topological polar surface area (TPSA) is 76.7 Å². The van der Waals surface area contributed by atoms with Crippen molar-refractivity contribution in [3.05, 3.63) is 58.1 Å². The Morgan fingerprint density at radius 3 is 2.43 bits per heavy atom. The van der Waals surface area contributed by atoms with Gasteiger partial charge in [0.15, 0.2) is 0 Å². The van der Waals surface area contributed by atoms with Crippen molar-refractivity contribution in [1.29, 1.82) is 0 Å². The highest BCUT2D eigenvalue weighted by atomic mass is 79.9. The number of halogens is 1. The van der Waals surface area contributed by atoms with Crippen LogP contribution in [0.25, 0.3) is 0 Å². The van der Waals surface area contributed by atoms with E-state index in [2.05, 4.69) is 40.4 Å². The molecule has 2 aromatic rings. The maximum atomic E-state index is 12.8. The van der Waals surface area contributed by atoms with E-state index in [0.29, 0.717) is 48.2 Å². The van der Waals surface area contributed by atoms with Crippen LogP contribution >= 0.6 is 15.9 Å². The average Bonchev–Trinajstić information content (AvgIpc) is 2.72. The first-order valence-corrected chi connectivity index (χ1v) is 10.8. The fourth-order valence-corrected chi connectivity index (χ4v) is 3.00. The summed E-state index contributed by atoms with van der Waals surface area (Å²) in [5.41, 5.74) is 1.59. The first kappa shape index (κ1) is 23.9. The summed E-state index contributed by atoms with van der Waals surface area (Å²) >= 11 is 3.41. The second kappa shape index (κ2) is 12.3. The maximum Gasteiger partial charge on any atom is 0.259 e. The molecule has 0 saturated heterocycles. The van der Waals surface area contributed by atoms with Crippen LogP contribution in [0.1, 0.15) is 47.4 Å². The molecule has 7 heteroatoms. The van der Waals surface area contributed by atoms with Gasteiger partial charge in [0.2, 0.25) is 0 Å². The van der Waals surface area contributed by atoms with Crippen LogP contribution in [0.5, 0.6) is 5.75 Å². The van der Waals surface area contributed by atoms with E-state index in [0.717, 1.165) is 17.3 Å². The molecule has 0 saturated carbocycles. The minimum atomic E-state index is -0.271. The van der Waals surface area contributed by atoms with E-state index < -0.39 is 0 Å². The molecule has 0 heterocycles. The second-order valence-electron chi connectivity index (χ2n) is 7.31. The Balaban J connectivity index is 2.00. The van der Waals surface area contributed by atoms with Crippen LogP contribution in [0.3, 0.4) is 0 Å². The van der Waals surface area contributed by atoms with Crippen LogP contribution in [-0.2, 0) is 4.74 Å². The molecule has 162 valence electrons. The quantitative estimate of drug-likeness (QED) is 0.452. The van der Waals surface area contributed by atoms with Crippen molar-refractivity contribution in [3.63, 3.8) is 0 Å². The lowest BCUT2D eigenvalue weighted by Gasteiger charge is -2.13. The normalized spacial score (nSPS) is 10.7. The predicted octanol–water partition coefficient (Wildman–Crippen LogP) is 4.89. The largest absolute Gasteiger partial charge is 0.493 e. The van der Waals surface area contributed by atoms with Crippen molar-refractivity contribution in [3.8, 4) is 5.75 Å². The van der Waals surface area contributed by atoms with Crippen molar-refractivity contribution >= 4 is 33.4 Å². The molecule has 0 atom stereocenters. The number of benzene rings is 2. The number of ether oxygens (including phenoxy) is 2. The van der Waals surface area contributed by atoms with Gasteiger partial charge in [0.1, 0.15) is 5.75 Å². The van der Waals surface area contributed by atoms with Gasteiger partial charge >= 0.3 is 0 Å². The van der Waals surface area contributed by atoms with Gasteiger partial charge in [-0.1, -0.05) is 29.8 Å².